The van der Waals surface area contributed by atoms with E-state index < -0.39 is 34.8 Å². The standard InChI is InChI=1S/C32H37F5N2O2S/c1-4-24-15-16-42-30(24)39-28(41)14-13-22-11-9-21(10-12-22)7-6-8-25(20(3)40)17-23-18-26(31(33,34)5-2)29(38)27(19-23)32(35,36)37/h5,9,13-16,18-19,22,25H,2,4,6-8,10-12,17,38H2,1,3H3,(H,39,41)/b14-13+/t22?,25-/m1/s1. The molecular formula is C32H37F5N2O2S. The van der Waals surface area contributed by atoms with Gasteiger partial charge in [-0.1, -0.05) is 31.2 Å². The van der Waals surface area contributed by atoms with E-state index in [0.29, 0.717) is 12.8 Å². The molecule has 1 aromatic heterocycles. The third-order valence-corrected chi connectivity index (χ3v) is 8.57. The Hall–Kier alpha value is -3.27. The fourth-order valence-corrected chi connectivity index (χ4v) is 6.06. The molecule has 1 heterocycles. The van der Waals surface area contributed by atoms with Crippen molar-refractivity contribution in [2.75, 3.05) is 11.1 Å². The number of halogens is 5. The number of nitrogens with two attached hydrogens (primary N) is 1. The number of rotatable bonds is 13. The predicted molar refractivity (Wildman–Crippen MR) is 159 cm³/mol. The van der Waals surface area contributed by atoms with Gasteiger partial charge in [0, 0.05) is 11.5 Å². The molecule has 0 radical (unpaired) electrons. The third-order valence-electron chi connectivity index (χ3n) is 7.70. The second-order valence-corrected chi connectivity index (χ2v) is 11.6. The van der Waals surface area contributed by atoms with Gasteiger partial charge in [-0.3, -0.25) is 9.59 Å². The van der Waals surface area contributed by atoms with Crippen LogP contribution < -0.4 is 11.1 Å². The van der Waals surface area contributed by atoms with Gasteiger partial charge in [0.15, 0.2) is 0 Å². The summed E-state index contributed by atoms with van der Waals surface area (Å²) < 4.78 is 69.4. The van der Waals surface area contributed by atoms with Gasteiger partial charge in [0.1, 0.15) is 5.78 Å². The highest BCUT2D eigenvalue weighted by Gasteiger charge is 2.39. The lowest BCUT2D eigenvalue weighted by atomic mass is 9.85. The minimum atomic E-state index is -4.93. The fraction of sp³-hybridized carbons (Fsp3) is 0.438. The lowest BCUT2D eigenvalue weighted by Crippen LogP contribution is -2.20. The number of thiophene rings is 1. The Morgan fingerprint density at radius 3 is 2.52 bits per heavy atom. The first-order chi connectivity index (χ1) is 19.7. The first kappa shape index (κ1) is 33.2. The van der Waals surface area contributed by atoms with Crippen LogP contribution in [0.15, 0.2) is 60.0 Å². The van der Waals surface area contributed by atoms with Gasteiger partial charge in [-0.15, -0.1) is 11.3 Å². The van der Waals surface area contributed by atoms with Gasteiger partial charge < -0.3 is 11.1 Å². The van der Waals surface area contributed by atoms with E-state index in [1.807, 2.05) is 24.4 Å². The minimum absolute atomic E-state index is 0.0196. The number of aryl methyl sites for hydroxylation is 1. The molecule has 0 spiro atoms. The number of carbonyl (C=O) groups excluding carboxylic acids is 2. The molecule has 0 saturated carbocycles. The van der Waals surface area contributed by atoms with E-state index >= 15 is 0 Å². The monoisotopic (exact) mass is 608 g/mol. The molecule has 1 aliphatic rings. The van der Waals surface area contributed by atoms with Crippen molar-refractivity contribution in [3.63, 3.8) is 0 Å². The van der Waals surface area contributed by atoms with E-state index in [0.717, 1.165) is 54.8 Å². The zero-order valence-corrected chi connectivity index (χ0v) is 24.6. The molecule has 1 aliphatic carbocycles. The molecule has 3 rings (SSSR count). The summed E-state index contributed by atoms with van der Waals surface area (Å²) in [4.78, 5) is 24.7. The number of amides is 1. The highest BCUT2D eigenvalue weighted by molar-refractivity contribution is 7.14. The number of carbonyl (C=O) groups is 2. The normalized spacial score (nSPS) is 16.7. The van der Waals surface area contributed by atoms with Crippen molar-refractivity contribution in [2.45, 2.75) is 77.3 Å². The summed E-state index contributed by atoms with van der Waals surface area (Å²) in [6.45, 7) is 6.42. The molecule has 42 heavy (non-hydrogen) atoms. The number of anilines is 2. The first-order valence-corrected chi connectivity index (χ1v) is 14.9. The molecule has 3 N–H and O–H groups in total. The van der Waals surface area contributed by atoms with E-state index in [9.17, 15) is 31.5 Å². The molecule has 0 aliphatic heterocycles. The van der Waals surface area contributed by atoms with Gasteiger partial charge in [0.25, 0.3) is 5.92 Å². The summed E-state index contributed by atoms with van der Waals surface area (Å²) in [6.07, 6.45) is 6.04. The fourth-order valence-electron chi connectivity index (χ4n) is 5.17. The second kappa shape index (κ2) is 14.3. The summed E-state index contributed by atoms with van der Waals surface area (Å²) in [5.74, 6) is -4.49. The van der Waals surface area contributed by atoms with Crippen LogP contribution >= 0.6 is 11.3 Å². The zero-order valence-electron chi connectivity index (χ0n) is 23.8. The van der Waals surface area contributed by atoms with Crippen LogP contribution in [0.25, 0.3) is 0 Å². The molecule has 4 nitrogen and oxygen atoms in total. The van der Waals surface area contributed by atoms with Crippen molar-refractivity contribution in [3.05, 3.63) is 82.3 Å². The molecule has 0 saturated heterocycles. The lowest BCUT2D eigenvalue weighted by molar-refractivity contribution is -0.137. The van der Waals surface area contributed by atoms with Gasteiger partial charge in [-0.2, -0.15) is 22.0 Å². The quantitative estimate of drug-likeness (QED) is 0.103. The number of hydrogen-bond donors (Lipinski definition) is 2. The van der Waals surface area contributed by atoms with Crippen LogP contribution in [0, 0.1) is 11.8 Å². The number of benzene rings is 1. The number of hydrogen-bond acceptors (Lipinski definition) is 4. The van der Waals surface area contributed by atoms with Crippen molar-refractivity contribution in [3.8, 4) is 0 Å². The van der Waals surface area contributed by atoms with Crippen molar-refractivity contribution in [2.24, 2.45) is 11.8 Å². The molecule has 2 aromatic rings. The number of alkyl halides is 5. The maximum Gasteiger partial charge on any atom is 0.418 e. The number of nitrogen functional groups attached to an aromatic ring is 1. The summed E-state index contributed by atoms with van der Waals surface area (Å²) >= 11 is 1.50. The summed E-state index contributed by atoms with van der Waals surface area (Å²) in [5.41, 5.74) is 4.47. The Kier molecular flexibility index (Phi) is 11.3. The maximum atomic E-state index is 14.4. The Morgan fingerprint density at radius 2 is 1.93 bits per heavy atom. The third kappa shape index (κ3) is 8.86. The molecule has 1 unspecified atom stereocenters. The lowest BCUT2D eigenvalue weighted by Gasteiger charge is -2.22. The largest absolute Gasteiger partial charge is 0.418 e. The predicted octanol–water partition coefficient (Wildman–Crippen LogP) is 9.03. The van der Waals surface area contributed by atoms with Crippen molar-refractivity contribution in [1.29, 1.82) is 0 Å². The van der Waals surface area contributed by atoms with Crippen LogP contribution in [0.3, 0.4) is 0 Å². The van der Waals surface area contributed by atoms with E-state index in [-0.39, 0.29) is 35.7 Å². The van der Waals surface area contributed by atoms with Crippen LogP contribution in [-0.4, -0.2) is 11.7 Å². The Labute approximate surface area is 247 Å². The first-order valence-electron chi connectivity index (χ1n) is 14.0. The molecule has 0 bridgehead atoms. The van der Waals surface area contributed by atoms with Crippen LogP contribution in [-0.2, 0) is 34.5 Å². The van der Waals surface area contributed by atoms with Crippen molar-refractivity contribution >= 4 is 33.7 Å². The van der Waals surface area contributed by atoms with E-state index in [1.165, 1.54) is 23.8 Å². The van der Waals surface area contributed by atoms with Gasteiger partial charge in [-0.25, -0.2) is 0 Å². The van der Waals surface area contributed by atoms with Gasteiger partial charge >= 0.3 is 6.18 Å². The summed E-state index contributed by atoms with van der Waals surface area (Å²) in [6, 6.07) is 3.70. The number of nitrogens with one attached hydrogen (secondary N) is 1. The summed E-state index contributed by atoms with van der Waals surface area (Å²) in [7, 11) is 0. The molecule has 1 amide bonds. The minimum Gasteiger partial charge on any atom is -0.398 e. The van der Waals surface area contributed by atoms with Crippen LogP contribution in [0.4, 0.5) is 32.6 Å². The smallest absolute Gasteiger partial charge is 0.398 e. The number of allylic oxidation sites excluding steroid dienone is 4. The highest BCUT2D eigenvalue weighted by Crippen LogP contribution is 2.42. The molecule has 2 atom stereocenters. The highest BCUT2D eigenvalue weighted by atomic mass is 32.1. The molecule has 1 aromatic carbocycles. The van der Waals surface area contributed by atoms with Gasteiger partial charge in [0.2, 0.25) is 5.91 Å². The average Bonchev–Trinajstić information content (AvgIpc) is 3.38. The van der Waals surface area contributed by atoms with Crippen molar-refractivity contribution < 1.29 is 31.5 Å². The number of Topliss-reactive ketones (excluding diaryl/α,β-unsaturated/α-hetero) is 1. The Bertz CT molecular complexity index is 1340. The van der Waals surface area contributed by atoms with E-state index in [1.54, 1.807) is 6.08 Å². The van der Waals surface area contributed by atoms with Gasteiger partial charge in [-0.05, 0) is 111 Å². The Morgan fingerprint density at radius 1 is 1.21 bits per heavy atom. The Balaban J connectivity index is 1.58. The average molecular weight is 609 g/mol. The van der Waals surface area contributed by atoms with Crippen molar-refractivity contribution in [1.82, 2.24) is 0 Å². The molecular weight excluding hydrogens is 571 g/mol. The van der Waals surface area contributed by atoms with Crippen LogP contribution in [0.5, 0.6) is 0 Å². The molecule has 228 valence electrons. The topological polar surface area (TPSA) is 72.2 Å². The van der Waals surface area contributed by atoms with Crippen LogP contribution in [0.1, 0.15) is 74.6 Å². The van der Waals surface area contributed by atoms with E-state index in [2.05, 4.69) is 18.0 Å². The van der Waals surface area contributed by atoms with Gasteiger partial charge in [0.05, 0.1) is 16.3 Å². The molecule has 0 fully saturated rings. The maximum absolute atomic E-state index is 14.4. The van der Waals surface area contributed by atoms with E-state index in [4.69, 9.17) is 5.73 Å². The zero-order chi connectivity index (χ0) is 31.1. The summed E-state index contributed by atoms with van der Waals surface area (Å²) in [5, 5.41) is 5.75. The SMILES string of the molecule is C=CC(F)(F)c1cc(C[C@@H](CCCC2=CCC(/C=C/C(=O)Nc3sccc3CC)CC2)C(C)=O)cc(C(F)(F)F)c1N. The second-order valence-electron chi connectivity index (χ2n) is 10.7. The van der Waals surface area contributed by atoms with Crippen LogP contribution in [0.2, 0.25) is 0 Å². The number of ketones is 1. The molecule has 10 heteroatoms.